The van der Waals surface area contributed by atoms with Crippen molar-refractivity contribution in [3.63, 3.8) is 0 Å². The first kappa shape index (κ1) is 17.2. The SMILES string of the molecule is CCN(CC)C(C)(C)C(Cc1c(C)cccc1C)NN. The monoisotopic (exact) mass is 277 g/mol. The molecule has 1 aromatic carbocycles. The van der Waals surface area contributed by atoms with Gasteiger partial charge >= 0.3 is 0 Å². The third-order valence-corrected chi connectivity index (χ3v) is 4.69. The van der Waals surface area contributed by atoms with E-state index in [1.165, 1.54) is 16.7 Å². The Morgan fingerprint density at radius 1 is 1.15 bits per heavy atom. The summed E-state index contributed by atoms with van der Waals surface area (Å²) in [5, 5.41) is 0. The lowest BCUT2D eigenvalue weighted by Gasteiger charge is -2.43. The van der Waals surface area contributed by atoms with Gasteiger partial charge in [0.05, 0.1) is 0 Å². The molecule has 0 radical (unpaired) electrons. The van der Waals surface area contributed by atoms with Crippen LogP contribution in [0.15, 0.2) is 18.2 Å². The fraction of sp³-hybridized carbons (Fsp3) is 0.647. The van der Waals surface area contributed by atoms with Crippen LogP contribution in [0.5, 0.6) is 0 Å². The van der Waals surface area contributed by atoms with E-state index >= 15 is 0 Å². The molecular formula is C17H31N3. The highest BCUT2D eigenvalue weighted by molar-refractivity contribution is 5.34. The van der Waals surface area contributed by atoms with Gasteiger partial charge < -0.3 is 0 Å². The smallest absolute Gasteiger partial charge is 0.0429 e. The van der Waals surface area contributed by atoms with Gasteiger partial charge in [0.15, 0.2) is 0 Å². The van der Waals surface area contributed by atoms with E-state index < -0.39 is 0 Å². The average Bonchev–Trinajstić information content (AvgIpc) is 2.39. The summed E-state index contributed by atoms with van der Waals surface area (Å²) in [4.78, 5) is 2.46. The molecule has 1 atom stereocenters. The molecule has 0 aliphatic carbocycles. The standard InChI is InChI=1S/C17H31N3/c1-7-20(8-2)17(5,6)16(19-18)12-15-13(3)10-9-11-14(15)4/h9-11,16,19H,7-8,12,18H2,1-6H3. The van der Waals surface area contributed by atoms with Crippen molar-refractivity contribution < 1.29 is 0 Å². The molecule has 0 amide bonds. The summed E-state index contributed by atoms with van der Waals surface area (Å²) >= 11 is 0. The van der Waals surface area contributed by atoms with Crippen molar-refractivity contribution in [1.29, 1.82) is 0 Å². The zero-order valence-corrected chi connectivity index (χ0v) is 14.0. The largest absolute Gasteiger partial charge is 0.297 e. The molecule has 0 saturated heterocycles. The number of nitrogens with two attached hydrogens (primary N) is 1. The van der Waals surface area contributed by atoms with Crippen LogP contribution in [0.1, 0.15) is 44.4 Å². The fourth-order valence-electron chi connectivity index (χ4n) is 3.15. The molecule has 3 nitrogen and oxygen atoms in total. The Morgan fingerprint density at radius 3 is 2.05 bits per heavy atom. The highest BCUT2D eigenvalue weighted by atomic mass is 15.3. The zero-order valence-electron chi connectivity index (χ0n) is 14.0. The molecule has 1 unspecified atom stereocenters. The Hall–Kier alpha value is -0.900. The number of rotatable bonds is 7. The summed E-state index contributed by atoms with van der Waals surface area (Å²) in [6.07, 6.45) is 0.957. The van der Waals surface area contributed by atoms with Crippen LogP contribution in [0.3, 0.4) is 0 Å². The lowest BCUT2D eigenvalue weighted by molar-refractivity contribution is 0.0911. The summed E-state index contributed by atoms with van der Waals surface area (Å²) in [6.45, 7) is 15.4. The van der Waals surface area contributed by atoms with Gasteiger partial charge in [0.1, 0.15) is 0 Å². The van der Waals surface area contributed by atoms with Crippen LogP contribution < -0.4 is 11.3 Å². The van der Waals surface area contributed by atoms with Gasteiger partial charge in [-0.2, -0.15) is 0 Å². The highest BCUT2D eigenvalue weighted by Gasteiger charge is 2.33. The average molecular weight is 277 g/mol. The quantitative estimate of drug-likeness (QED) is 0.595. The maximum Gasteiger partial charge on any atom is 0.0429 e. The summed E-state index contributed by atoms with van der Waals surface area (Å²) in [6, 6.07) is 6.71. The molecule has 0 aliphatic heterocycles. The third-order valence-electron chi connectivity index (χ3n) is 4.69. The van der Waals surface area contributed by atoms with Crippen LogP contribution in [0.2, 0.25) is 0 Å². The molecule has 20 heavy (non-hydrogen) atoms. The number of nitrogens with one attached hydrogen (secondary N) is 1. The molecule has 0 saturated carbocycles. The van der Waals surface area contributed by atoms with Gasteiger partial charge in [0.25, 0.3) is 0 Å². The molecule has 0 aromatic heterocycles. The number of benzene rings is 1. The van der Waals surface area contributed by atoms with E-state index in [1.54, 1.807) is 0 Å². The molecule has 0 aliphatic rings. The maximum absolute atomic E-state index is 5.88. The van der Waals surface area contributed by atoms with E-state index in [-0.39, 0.29) is 11.6 Å². The van der Waals surface area contributed by atoms with E-state index in [1.807, 2.05) is 0 Å². The second-order valence-corrected chi connectivity index (χ2v) is 6.12. The van der Waals surface area contributed by atoms with Crippen molar-refractivity contribution >= 4 is 0 Å². The predicted octanol–water partition coefficient (Wildman–Crippen LogP) is 2.80. The van der Waals surface area contributed by atoms with E-state index in [0.29, 0.717) is 0 Å². The molecule has 1 rings (SSSR count). The van der Waals surface area contributed by atoms with Crippen molar-refractivity contribution in [3.8, 4) is 0 Å². The normalized spacial score (nSPS) is 13.8. The molecule has 0 heterocycles. The first-order chi connectivity index (χ1) is 9.38. The Morgan fingerprint density at radius 2 is 1.65 bits per heavy atom. The number of hydrogen-bond donors (Lipinski definition) is 2. The Kier molecular flexibility index (Phi) is 6.18. The lowest BCUT2D eigenvalue weighted by Crippen LogP contribution is -2.60. The summed E-state index contributed by atoms with van der Waals surface area (Å²) < 4.78 is 0. The Balaban J connectivity index is 3.02. The minimum atomic E-state index is 0.0208. The van der Waals surface area contributed by atoms with Crippen LogP contribution >= 0.6 is 0 Å². The van der Waals surface area contributed by atoms with Crippen molar-refractivity contribution in [1.82, 2.24) is 10.3 Å². The molecule has 3 N–H and O–H groups in total. The molecule has 3 heteroatoms. The van der Waals surface area contributed by atoms with Crippen molar-refractivity contribution in [2.75, 3.05) is 13.1 Å². The summed E-state index contributed by atoms with van der Waals surface area (Å²) in [5.41, 5.74) is 7.18. The summed E-state index contributed by atoms with van der Waals surface area (Å²) in [5.74, 6) is 5.88. The molecule has 0 bridgehead atoms. The van der Waals surface area contributed by atoms with Crippen LogP contribution in [0.4, 0.5) is 0 Å². The van der Waals surface area contributed by atoms with Crippen molar-refractivity contribution in [2.45, 2.75) is 59.5 Å². The van der Waals surface area contributed by atoms with Crippen molar-refractivity contribution in [2.24, 2.45) is 5.84 Å². The van der Waals surface area contributed by atoms with E-state index in [4.69, 9.17) is 5.84 Å². The predicted molar refractivity (Wildman–Crippen MR) is 87.7 cm³/mol. The van der Waals surface area contributed by atoms with Crippen molar-refractivity contribution in [3.05, 3.63) is 34.9 Å². The topological polar surface area (TPSA) is 41.3 Å². The number of aryl methyl sites for hydroxylation is 2. The van der Waals surface area contributed by atoms with Crippen LogP contribution in [0, 0.1) is 13.8 Å². The van der Waals surface area contributed by atoms with Gasteiger partial charge in [-0.15, -0.1) is 0 Å². The Labute approximate surface area is 124 Å². The van der Waals surface area contributed by atoms with Gasteiger partial charge in [-0.3, -0.25) is 16.2 Å². The third kappa shape index (κ3) is 3.60. The van der Waals surface area contributed by atoms with E-state index in [0.717, 1.165) is 19.5 Å². The molecule has 1 aromatic rings. The number of hydrogen-bond acceptors (Lipinski definition) is 3. The van der Waals surface area contributed by atoms with Gasteiger partial charge in [-0.1, -0.05) is 32.0 Å². The number of likely N-dealkylation sites (N-methyl/N-ethyl adjacent to an activating group) is 1. The van der Waals surface area contributed by atoms with Crippen LogP contribution in [-0.4, -0.2) is 29.6 Å². The van der Waals surface area contributed by atoms with E-state index in [9.17, 15) is 0 Å². The summed E-state index contributed by atoms with van der Waals surface area (Å²) in [7, 11) is 0. The zero-order chi connectivity index (χ0) is 15.3. The van der Waals surface area contributed by atoms with Gasteiger partial charge in [0, 0.05) is 11.6 Å². The first-order valence-corrected chi connectivity index (χ1v) is 7.64. The first-order valence-electron chi connectivity index (χ1n) is 7.64. The maximum atomic E-state index is 5.88. The molecular weight excluding hydrogens is 246 g/mol. The number of hydrazine groups is 1. The van der Waals surface area contributed by atoms with Crippen LogP contribution in [0.25, 0.3) is 0 Å². The van der Waals surface area contributed by atoms with Gasteiger partial charge in [-0.05, 0) is 63.9 Å². The minimum absolute atomic E-state index is 0.0208. The van der Waals surface area contributed by atoms with Gasteiger partial charge in [-0.25, -0.2) is 0 Å². The minimum Gasteiger partial charge on any atom is -0.297 e. The lowest BCUT2D eigenvalue weighted by atomic mass is 9.85. The van der Waals surface area contributed by atoms with Gasteiger partial charge in [0.2, 0.25) is 0 Å². The highest BCUT2D eigenvalue weighted by Crippen LogP contribution is 2.24. The molecule has 0 spiro atoms. The second kappa shape index (κ2) is 7.21. The molecule has 0 fully saturated rings. The fourth-order valence-corrected chi connectivity index (χ4v) is 3.15. The molecule has 114 valence electrons. The Bertz CT molecular complexity index is 402. The number of nitrogens with zero attached hydrogens (tertiary/aromatic N) is 1. The van der Waals surface area contributed by atoms with Crippen LogP contribution in [-0.2, 0) is 6.42 Å². The van der Waals surface area contributed by atoms with E-state index in [2.05, 4.69) is 70.1 Å². The second-order valence-electron chi connectivity index (χ2n) is 6.12.